The molecule has 1 amide bonds. The number of nitrogens with zero attached hydrogens (tertiary/aromatic N) is 3. The molecular weight excluding hydrogens is 348 g/mol. The summed E-state index contributed by atoms with van der Waals surface area (Å²) in [5.41, 5.74) is 3.50. The standard InChI is InChI=1S/C23H28N4O/c1-3-27-21-10-9-19(24-23(28)18-7-5-4-6-8-18)15-20(21)25-22(27)16-26-13-11-17(2)12-14-26/h4-10,15,17H,3,11-14,16H2,1-2H3,(H,24,28). The van der Waals surface area contributed by atoms with E-state index in [2.05, 4.69) is 34.7 Å². The van der Waals surface area contributed by atoms with Crippen LogP contribution in [0.4, 0.5) is 5.69 Å². The van der Waals surface area contributed by atoms with E-state index in [1.54, 1.807) is 0 Å². The number of hydrogen-bond acceptors (Lipinski definition) is 3. The zero-order chi connectivity index (χ0) is 19.5. The van der Waals surface area contributed by atoms with E-state index in [1.807, 2.05) is 42.5 Å². The van der Waals surface area contributed by atoms with E-state index in [-0.39, 0.29) is 5.91 Å². The molecule has 0 atom stereocenters. The molecule has 1 aromatic heterocycles. The minimum atomic E-state index is -0.0995. The number of anilines is 1. The van der Waals surface area contributed by atoms with Crippen molar-refractivity contribution in [3.8, 4) is 0 Å². The van der Waals surface area contributed by atoms with Gasteiger partial charge >= 0.3 is 0 Å². The summed E-state index contributed by atoms with van der Waals surface area (Å²) in [5.74, 6) is 1.84. The fourth-order valence-electron chi connectivity index (χ4n) is 3.94. The number of likely N-dealkylation sites (tertiary alicyclic amines) is 1. The van der Waals surface area contributed by atoms with Crippen LogP contribution in [0, 0.1) is 5.92 Å². The maximum absolute atomic E-state index is 12.4. The Balaban J connectivity index is 1.55. The number of fused-ring (bicyclic) bond motifs is 1. The van der Waals surface area contributed by atoms with Gasteiger partial charge in [-0.15, -0.1) is 0 Å². The molecule has 0 aliphatic carbocycles. The van der Waals surface area contributed by atoms with Crippen molar-refractivity contribution in [3.05, 3.63) is 59.9 Å². The van der Waals surface area contributed by atoms with E-state index in [1.165, 1.54) is 12.8 Å². The largest absolute Gasteiger partial charge is 0.327 e. The quantitative estimate of drug-likeness (QED) is 0.711. The number of amides is 1. The molecule has 0 bridgehead atoms. The van der Waals surface area contributed by atoms with Crippen molar-refractivity contribution in [1.82, 2.24) is 14.5 Å². The third-order valence-electron chi connectivity index (χ3n) is 5.68. The fraction of sp³-hybridized carbons (Fsp3) is 0.391. The smallest absolute Gasteiger partial charge is 0.255 e. The van der Waals surface area contributed by atoms with Gasteiger partial charge in [0.05, 0.1) is 17.6 Å². The molecule has 28 heavy (non-hydrogen) atoms. The van der Waals surface area contributed by atoms with Crippen molar-refractivity contribution < 1.29 is 4.79 Å². The van der Waals surface area contributed by atoms with Gasteiger partial charge in [-0.05, 0) is 69.1 Å². The van der Waals surface area contributed by atoms with Crippen LogP contribution < -0.4 is 5.32 Å². The monoisotopic (exact) mass is 376 g/mol. The van der Waals surface area contributed by atoms with Crippen molar-refractivity contribution in [2.24, 2.45) is 5.92 Å². The molecule has 1 saturated heterocycles. The summed E-state index contributed by atoms with van der Waals surface area (Å²) in [6, 6.07) is 15.3. The summed E-state index contributed by atoms with van der Waals surface area (Å²) in [7, 11) is 0. The Morgan fingerprint density at radius 3 is 2.61 bits per heavy atom. The Morgan fingerprint density at radius 2 is 1.89 bits per heavy atom. The van der Waals surface area contributed by atoms with Crippen LogP contribution in [0.5, 0.6) is 0 Å². The van der Waals surface area contributed by atoms with Gasteiger partial charge in [0.2, 0.25) is 0 Å². The van der Waals surface area contributed by atoms with E-state index >= 15 is 0 Å². The molecule has 1 aliphatic heterocycles. The average molecular weight is 377 g/mol. The van der Waals surface area contributed by atoms with Crippen molar-refractivity contribution in [2.75, 3.05) is 18.4 Å². The Hall–Kier alpha value is -2.66. The van der Waals surface area contributed by atoms with Gasteiger partial charge in [-0.3, -0.25) is 9.69 Å². The van der Waals surface area contributed by atoms with Crippen LogP contribution in [-0.2, 0) is 13.1 Å². The number of hydrogen-bond donors (Lipinski definition) is 1. The number of piperidine rings is 1. The van der Waals surface area contributed by atoms with Gasteiger partial charge in [0, 0.05) is 17.8 Å². The van der Waals surface area contributed by atoms with Crippen LogP contribution in [0.1, 0.15) is 42.9 Å². The highest BCUT2D eigenvalue weighted by Gasteiger charge is 2.19. The van der Waals surface area contributed by atoms with Gasteiger partial charge in [0.15, 0.2) is 0 Å². The highest BCUT2D eigenvalue weighted by molar-refractivity contribution is 6.04. The van der Waals surface area contributed by atoms with Crippen LogP contribution in [-0.4, -0.2) is 33.4 Å². The molecular formula is C23H28N4O. The van der Waals surface area contributed by atoms with Crippen LogP contribution in [0.25, 0.3) is 11.0 Å². The number of aryl methyl sites for hydroxylation is 1. The number of aromatic nitrogens is 2. The topological polar surface area (TPSA) is 50.2 Å². The first kappa shape index (κ1) is 18.7. The van der Waals surface area contributed by atoms with Crippen molar-refractivity contribution in [1.29, 1.82) is 0 Å². The van der Waals surface area contributed by atoms with Gasteiger partial charge in [-0.25, -0.2) is 4.98 Å². The van der Waals surface area contributed by atoms with Gasteiger partial charge < -0.3 is 9.88 Å². The first-order chi connectivity index (χ1) is 13.6. The lowest BCUT2D eigenvalue weighted by atomic mass is 9.99. The second-order valence-electron chi connectivity index (χ2n) is 7.75. The minimum Gasteiger partial charge on any atom is -0.327 e. The predicted octanol–water partition coefficient (Wildman–Crippen LogP) is 4.54. The van der Waals surface area contributed by atoms with Crippen molar-refractivity contribution in [2.45, 2.75) is 39.8 Å². The van der Waals surface area contributed by atoms with E-state index in [0.29, 0.717) is 5.56 Å². The third-order valence-corrected chi connectivity index (χ3v) is 5.68. The second-order valence-corrected chi connectivity index (χ2v) is 7.75. The number of imidazole rings is 1. The normalized spacial score (nSPS) is 15.8. The zero-order valence-electron chi connectivity index (χ0n) is 16.7. The molecule has 3 aromatic rings. The maximum Gasteiger partial charge on any atom is 0.255 e. The van der Waals surface area contributed by atoms with E-state index in [9.17, 15) is 4.79 Å². The lowest BCUT2D eigenvalue weighted by molar-refractivity contribution is 0.102. The Kier molecular flexibility index (Phi) is 5.44. The molecule has 5 heteroatoms. The lowest BCUT2D eigenvalue weighted by Crippen LogP contribution is -2.33. The van der Waals surface area contributed by atoms with Gasteiger partial charge in [-0.1, -0.05) is 25.1 Å². The molecule has 0 saturated carbocycles. The first-order valence-corrected chi connectivity index (χ1v) is 10.2. The van der Waals surface area contributed by atoms with E-state index in [4.69, 9.17) is 4.98 Å². The second kappa shape index (κ2) is 8.15. The molecule has 5 nitrogen and oxygen atoms in total. The fourth-order valence-corrected chi connectivity index (χ4v) is 3.94. The van der Waals surface area contributed by atoms with Crippen molar-refractivity contribution >= 4 is 22.6 Å². The minimum absolute atomic E-state index is 0.0995. The van der Waals surface area contributed by atoms with Gasteiger partial charge in [0.1, 0.15) is 5.82 Å². The van der Waals surface area contributed by atoms with E-state index in [0.717, 1.165) is 54.6 Å². The SMILES string of the molecule is CCn1c(CN2CCC(C)CC2)nc2cc(NC(=O)c3ccccc3)ccc21. The van der Waals surface area contributed by atoms with Crippen LogP contribution >= 0.6 is 0 Å². The Morgan fingerprint density at radius 1 is 1.14 bits per heavy atom. The van der Waals surface area contributed by atoms with Gasteiger partial charge in [-0.2, -0.15) is 0 Å². The Labute approximate surface area is 166 Å². The summed E-state index contributed by atoms with van der Waals surface area (Å²) in [6.07, 6.45) is 2.53. The highest BCUT2D eigenvalue weighted by atomic mass is 16.1. The average Bonchev–Trinajstić information content (AvgIpc) is 3.06. The lowest BCUT2D eigenvalue weighted by Gasteiger charge is -2.29. The third kappa shape index (κ3) is 3.94. The maximum atomic E-state index is 12.4. The van der Waals surface area contributed by atoms with Crippen LogP contribution in [0.15, 0.2) is 48.5 Å². The molecule has 1 fully saturated rings. The molecule has 2 aromatic carbocycles. The number of carbonyl (C=O) groups is 1. The Bertz CT molecular complexity index is 955. The van der Waals surface area contributed by atoms with Crippen LogP contribution in [0.2, 0.25) is 0 Å². The summed E-state index contributed by atoms with van der Waals surface area (Å²) in [5, 5.41) is 2.98. The molecule has 0 unspecified atom stereocenters. The summed E-state index contributed by atoms with van der Waals surface area (Å²) in [6.45, 7) is 8.57. The molecule has 2 heterocycles. The van der Waals surface area contributed by atoms with Crippen LogP contribution in [0.3, 0.4) is 0 Å². The number of nitrogens with one attached hydrogen (secondary N) is 1. The number of carbonyl (C=O) groups excluding carboxylic acids is 1. The number of benzene rings is 2. The molecule has 1 N–H and O–H groups in total. The molecule has 1 aliphatic rings. The summed E-state index contributed by atoms with van der Waals surface area (Å²) in [4.78, 5) is 19.8. The first-order valence-electron chi connectivity index (χ1n) is 10.2. The molecule has 4 rings (SSSR count). The summed E-state index contributed by atoms with van der Waals surface area (Å²) < 4.78 is 2.29. The zero-order valence-corrected chi connectivity index (χ0v) is 16.7. The molecule has 146 valence electrons. The molecule has 0 spiro atoms. The number of rotatable bonds is 5. The van der Waals surface area contributed by atoms with Crippen molar-refractivity contribution in [3.63, 3.8) is 0 Å². The predicted molar refractivity (Wildman–Crippen MR) is 113 cm³/mol. The van der Waals surface area contributed by atoms with E-state index < -0.39 is 0 Å². The summed E-state index contributed by atoms with van der Waals surface area (Å²) >= 11 is 0. The van der Waals surface area contributed by atoms with Gasteiger partial charge in [0.25, 0.3) is 5.91 Å². The molecule has 0 radical (unpaired) electrons. The highest BCUT2D eigenvalue weighted by Crippen LogP contribution is 2.24.